The molecule has 0 saturated heterocycles. The molecule has 4 rings (SSSR count). The molecule has 0 saturated carbocycles. The highest BCUT2D eigenvalue weighted by molar-refractivity contribution is 7.15. The van der Waals surface area contributed by atoms with E-state index in [0.717, 1.165) is 16.0 Å². The Morgan fingerprint density at radius 3 is 2.81 bits per heavy atom. The van der Waals surface area contributed by atoms with Crippen LogP contribution in [0.3, 0.4) is 0 Å². The van der Waals surface area contributed by atoms with Crippen LogP contribution in [-0.4, -0.2) is 23.0 Å². The molecular formula is C20H15FN2O3S. The summed E-state index contributed by atoms with van der Waals surface area (Å²) >= 11 is 1.33. The summed E-state index contributed by atoms with van der Waals surface area (Å²) in [4.78, 5) is 29.6. The lowest BCUT2D eigenvalue weighted by Crippen LogP contribution is -2.37. The van der Waals surface area contributed by atoms with Crippen molar-refractivity contribution in [1.29, 1.82) is 0 Å². The van der Waals surface area contributed by atoms with Crippen LogP contribution in [0, 0.1) is 5.82 Å². The van der Waals surface area contributed by atoms with Crippen molar-refractivity contribution in [2.24, 2.45) is 0 Å². The van der Waals surface area contributed by atoms with Gasteiger partial charge in [0.1, 0.15) is 5.82 Å². The number of hydrogen-bond donors (Lipinski definition) is 1. The number of benzene rings is 2. The molecular weight excluding hydrogens is 367 g/mol. The lowest BCUT2D eigenvalue weighted by molar-refractivity contribution is -0.125. The molecule has 1 amide bonds. The van der Waals surface area contributed by atoms with Crippen molar-refractivity contribution in [2.45, 2.75) is 18.9 Å². The molecule has 1 aliphatic heterocycles. The molecule has 0 fully saturated rings. The number of carbonyl (C=O) groups is 2. The van der Waals surface area contributed by atoms with Gasteiger partial charge in [-0.1, -0.05) is 30.3 Å². The Bertz CT molecular complexity index is 1000. The van der Waals surface area contributed by atoms with Crippen molar-refractivity contribution >= 4 is 28.3 Å². The third-order valence-corrected chi connectivity index (χ3v) is 5.17. The number of amides is 1. The third-order valence-electron chi connectivity index (χ3n) is 4.26. The SMILES string of the molecule is O=C1O[C@H](C(=O)Nc2ncc(Cc3ccc(F)cc3)s2)Cc2ccccc21. The minimum atomic E-state index is -0.878. The van der Waals surface area contributed by atoms with Crippen LogP contribution in [0.15, 0.2) is 54.7 Å². The van der Waals surface area contributed by atoms with Crippen LogP contribution in [0.2, 0.25) is 0 Å². The molecule has 1 atom stereocenters. The molecule has 0 unspecified atom stereocenters. The quantitative estimate of drug-likeness (QED) is 0.700. The number of fused-ring (bicyclic) bond motifs is 1. The molecule has 7 heteroatoms. The Labute approximate surface area is 158 Å². The second-order valence-electron chi connectivity index (χ2n) is 6.18. The van der Waals surface area contributed by atoms with E-state index in [1.54, 1.807) is 30.5 Å². The number of esters is 1. The van der Waals surface area contributed by atoms with Gasteiger partial charge in [0, 0.05) is 23.9 Å². The van der Waals surface area contributed by atoms with Gasteiger partial charge < -0.3 is 4.74 Å². The fourth-order valence-corrected chi connectivity index (χ4v) is 3.76. The van der Waals surface area contributed by atoms with Crippen LogP contribution in [0.1, 0.15) is 26.4 Å². The first kappa shape index (κ1) is 17.4. The molecule has 2 aromatic carbocycles. The molecule has 2 heterocycles. The number of aromatic nitrogens is 1. The topological polar surface area (TPSA) is 68.3 Å². The number of anilines is 1. The van der Waals surface area contributed by atoms with Crippen LogP contribution < -0.4 is 5.32 Å². The van der Waals surface area contributed by atoms with Crippen LogP contribution in [0.25, 0.3) is 0 Å². The molecule has 0 bridgehead atoms. The monoisotopic (exact) mass is 382 g/mol. The predicted molar refractivity (Wildman–Crippen MR) is 99.3 cm³/mol. The first-order valence-corrected chi connectivity index (χ1v) is 9.19. The maximum atomic E-state index is 13.0. The van der Waals surface area contributed by atoms with E-state index in [1.165, 1.54) is 23.5 Å². The number of rotatable bonds is 4. The number of nitrogens with one attached hydrogen (secondary N) is 1. The number of hydrogen-bond acceptors (Lipinski definition) is 5. The summed E-state index contributed by atoms with van der Waals surface area (Å²) in [5, 5.41) is 3.15. The summed E-state index contributed by atoms with van der Waals surface area (Å²) in [7, 11) is 0. The highest BCUT2D eigenvalue weighted by Crippen LogP contribution is 2.24. The van der Waals surface area contributed by atoms with Crippen molar-refractivity contribution in [3.8, 4) is 0 Å². The molecule has 1 aliphatic rings. The van der Waals surface area contributed by atoms with Gasteiger partial charge in [0.05, 0.1) is 5.56 Å². The molecule has 1 aromatic heterocycles. The molecule has 0 aliphatic carbocycles. The summed E-state index contributed by atoms with van der Waals surface area (Å²) in [5.41, 5.74) is 2.25. The second-order valence-corrected chi connectivity index (χ2v) is 7.29. The first-order valence-electron chi connectivity index (χ1n) is 8.37. The van der Waals surface area contributed by atoms with Gasteiger partial charge in [0.15, 0.2) is 11.2 Å². The lowest BCUT2D eigenvalue weighted by Gasteiger charge is -2.23. The van der Waals surface area contributed by atoms with E-state index in [-0.39, 0.29) is 5.82 Å². The summed E-state index contributed by atoms with van der Waals surface area (Å²) in [6, 6.07) is 13.4. The molecule has 136 valence electrons. The minimum Gasteiger partial charge on any atom is -0.448 e. The van der Waals surface area contributed by atoms with Crippen LogP contribution >= 0.6 is 11.3 Å². The van der Waals surface area contributed by atoms with Crippen LogP contribution in [0.4, 0.5) is 9.52 Å². The molecule has 1 N–H and O–H groups in total. The maximum absolute atomic E-state index is 13.0. The van der Waals surface area contributed by atoms with Gasteiger partial charge in [0.2, 0.25) is 0 Å². The van der Waals surface area contributed by atoms with Crippen molar-refractivity contribution in [3.05, 3.63) is 82.1 Å². The summed E-state index contributed by atoms with van der Waals surface area (Å²) < 4.78 is 18.2. The highest BCUT2D eigenvalue weighted by atomic mass is 32.1. The predicted octanol–water partition coefficient (Wildman–Crippen LogP) is 3.59. The number of halogens is 1. The smallest absolute Gasteiger partial charge is 0.339 e. The zero-order valence-corrected chi connectivity index (χ0v) is 15.0. The summed E-state index contributed by atoms with van der Waals surface area (Å²) in [5.74, 6) is -1.17. The third kappa shape index (κ3) is 3.88. The lowest BCUT2D eigenvalue weighted by atomic mass is 9.98. The van der Waals surface area contributed by atoms with E-state index in [1.807, 2.05) is 12.1 Å². The van der Waals surface area contributed by atoms with Crippen molar-refractivity contribution in [2.75, 3.05) is 5.32 Å². The van der Waals surface area contributed by atoms with Crippen molar-refractivity contribution in [1.82, 2.24) is 4.98 Å². The number of cyclic esters (lactones) is 1. The van der Waals surface area contributed by atoms with Gasteiger partial charge in [-0.3, -0.25) is 10.1 Å². The molecule has 5 nitrogen and oxygen atoms in total. The number of carbonyl (C=O) groups excluding carboxylic acids is 2. The minimum absolute atomic E-state index is 0.278. The Balaban J connectivity index is 1.41. The average Bonchev–Trinajstić information content (AvgIpc) is 3.10. The van der Waals surface area contributed by atoms with E-state index in [0.29, 0.717) is 23.5 Å². The standard InChI is InChI=1S/C20H15FN2O3S/c21-14-7-5-12(6-8-14)9-15-11-22-20(27-15)23-18(24)17-10-13-3-1-2-4-16(13)19(25)26-17/h1-8,11,17H,9-10H2,(H,22,23,24)/t17-/m0/s1. The van der Waals surface area contributed by atoms with E-state index >= 15 is 0 Å². The highest BCUT2D eigenvalue weighted by Gasteiger charge is 2.31. The van der Waals surface area contributed by atoms with Crippen molar-refractivity contribution < 1.29 is 18.7 Å². The van der Waals surface area contributed by atoms with Gasteiger partial charge in [-0.05, 0) is 29.3 Å². The number of nitrogens with zero attached hydrogens (tertiary/aromatic N) is 1. The van der Waals surface area contributed by atoms with E-state index in [9.17, 15) is 14.0 Å². The molecule has 0 spiro atoms. The zero-order valence-electron chi connectivity index (χ0n) is 14.1. The van der Waals surface area contributed by atoms with Gasteiger partial charge in [-0.2, -0.15) is 0 Å². The average molecular weight is 382 g/mol. The fraction of sp³-hybridized carbons (Fsp3) is 0.150. The number of ether oxygens (including phenoxy) is 1. The van der Waals surface area contributed by atoms with Gasteiger partial charge in [0.25, 0.3) is 5.91 Å². The van der Waals surface area contributed by atoms with Gasteiger partial charge in [-0.25, -0.2) is 14.2 Å². The Morgan fingerprint density at radius 1 is 1.22 bits per heavy atom. The van der Waals surface area contributed by atoms with Crippen molar-refractivity contribution in [3.63, 3.8) is 0 Å². The molecule has 0 radical (unpaired) electrons. The number of thiazole rings is 1. The molecule has 27 heavy (non-hydrogen) atoms. The Hall–Kier alpha value is -3.06. The normalized spacial score (nSPS) is 15.7. The van der Waals surface area contributed by atoms with Crippen LogP contribution in [0.5, 0.6) is 0 Å². The van der Waals surface area contributed by atoms with E-state index in [4.69, 9.17) is 4.74 Å². The van der Waals surface area contributed by atoms with Gasteiger partial charge >= 0.3 is 5.97 Å². The summed E-state index contributed by atoms with van der Waals surface area (Å²) in [6.45, 7) is 0. The molecule has 3 aromatic rings. The fourth-order valence-electron chi connectivity index (χ4n) is 2.91. The second kappa shape index (κ2) is 7.28. The first-order chi connectivity index (χ1) is 13.1. The van der Waals surface area contributed by atoms with Crippen LogP contribution in [-0.2, 0) is 22.4 Å². The largest absolute Gasteiger partial charge is 0.448 e. The Morgan fingerprint density at radius 2 is 2.00 bits per heavy atom. The maximum Gasteiger partial charge on any atom is 0.339 e. The van der Waals surface area contributed by atoms with E-state index < -0.39 is 18.0 Å². The van der Waals surface area contributed by atoms with E-state index in [2.05, 4.69) is 10.3 Å². The Kier molecular flexibility index (Phi) is 4.68. The summed E-state index contributed by atoms with van der Waals surface area (Å²) in [6.07, 6.45) is 1.73. The van der Waals surface area contributed by atoms with Gasteiger partial charge in [-0.15, -0.1) is 11.3 Å². The zero-order chi connectivity index (χ0) is 18.8.